The minimum atomic E-state index is 0.330. The van der Waals surface area contributed by atoms with E-state index < -0.39 is 0 Å². The molecule has 0 amide bonds. The summed E-state index contributed by atoms with van der Waals surface area (Å²) in [5.41, 5.74) is 1.23. The van der Waals surface area contributed by atoms with Crippen molar-refractivity contribution >= 4 is 15.9 Å². The average molecular weight is 344 g/mol. The molecular formula is C16H26BrNO2. The Labute approximate surface area is 131 Å². The van der Waals surface area contributed by atoms with Crippen molar-refractivity contribution in [1.82, 2.24) is 5.32 Å². The molecule has 0 saturated carbocycles. The predicted octanol–water partition coefficient (Wildman–Crippen LogP) is 4.55. The molecule has 0 bridgehead atoms. The van der Waals surface area contributed by atoms with E-state index in [1.54, 1.807) is 14.2 Å². The standard InChI is InChI=1S/C16H26BrNO2/c1-6-18-14(8-7-11(2)3)12-9-15(19-4)16(20-5)10-13(12)17/h9-11,14,18H,6-8H2,1-5H3. The predicted molar refractivity (Wildman–Crippen MR) is 87.7 cm³/mol. The van der Waals surface area contributed by atoms with E-state index in [1.807, 2.05) is 6.07 Å². The third-order valence-electron chi connectivity index (χ3n) is 3.36. The SMILES string of the molecule is CCNC(CCC(C)C)c1cc(OC)c(OC)cc1Br. The summed E-state index contributed by atoms with van der Waals surface area (Å²) in [5.74, 6) is 2.23. The lowest BCUT2D eigenvalue weighted by Gasteiger charge is -2.22. The molecular weight excluding hydrogens is 318 g/mol. The van der Waals surface area contributed by atoms with Gasteiger partial charge in [0.25, 0.3) is 0 Å². The molecule has 0 saturated heterocycles. The molecule has 0 aromatic heterocycles. The summed E-state index contributed by atoms with van der Waals surface area (Å²) in [4.78, 5) is 0. The molecule has 1 aromatic rings. The third-order valence-corrected chi connectivity index (χ3v) is 4.05. The summed E-state index contributed by atoms with van der Waals surface area (Å²) in [7, 11) is 3.33. The molecule has 20 heavy (non-hydrogen) atoms. The maximum atomic E-state index is 5.41. The van der Waals surface area contributed by atoms with Gasteiger partial charge in [0.15, 0.2) is 11.5 Å². The molecule has 1 N–H and O–H groups in total. The number of benzene rings is 1. The van der Waals surface area contributed by atoms with E-state index in [-0.39, 0.29) is 0 Å². The van der Waals surface area contributed by atoms with Crippen LogP contribution < -0.4 is 14.8 Å². The Morgan fingerprint density at radius 1 is 1.10 bits per heavy atom. The van der Waals surface area contributed by atoms with Gasteiger partial charge in [-0.05, 0) is 43.0 Å². The van der Waals surface area contributed by atoms with Gasteiger partial charge in [0.2, 0.25) is 0 Å². The number of hydrogen-bond acceptors (Lipinski definition) is 3. The fourth-order valence-corrected chi connectivity index (χ4v) is 2.85. The molecule has 0 aliphatic heterocycles. The van der Waals surface area contributed by atoms with Crippen LogP contribution in [-0.4, -0.2) is 20.8 Å². The van der Waals surface area contributed by atoms with Gasteiger partial charge < -0.3 is 14.8 Å². The second kappa shape index (κ2) is 8.53. The smallest absolute Gasteiger partial charge is 0.161 e. The lowest BCUT2D eigenvalue weighted by atomic mass is 9.97. The molecule has 0 spiro atoms. The summed E-state index contributed by atoms with van der Waals surface area (Å²) in [6, 6.07) is 4.38. The second-order valence-electron chi connectivity index (χ2n) is 5.31. The van der Waals surface area contributed by atoms with Crippen LogP contribution in [0.3, 0.4) is 0 Å². The molecule has 0 heterocycles. The van der Waals surface area contributed by atoms with E-state index in [1.165, 1.54) is 12.0 Å². The molecule has 1 aromatic carbocycles. The number of methoxy groups -OCH3 is 2. The maximum Gasteiger partial charge on any atom is 0.161 e. The molecule has 3 nitrogen and oxygen atoms in total. The highest BCUT2D eigenvalue weighted by molar-refractivity contribution is 9.10. The summed E-state index contributed by atoms with van der Waals surface area (Å²) < 4.78 is 11.8. The largest absolute Gasteiger partial charge is 0.493 e. The summed E-state index contributed by atoms with van der Waals surface area (Å²) >= 11 is 3.65. The van der Waals surface area contributed by atoms with Gasteiger partial charge in [-0.25, -0.2) is 0 Å². The first-order chi connectivity index (χ1) is 9.53. The van der Waals surface area contributed by atoms with E-state index in [0.29, 0.717) is 12.0 Å². The number of nitrogens with one attached hydrogen (secondary N) is 1. The van der Waals surface area contributed by atoms with Gasteiger partial charge in [0.05, 0.1) is 14.2 Å². The van der Waals surface area contributed by atoms with Crippen LogP contribution >= 0.6 is 15.9 Å². The molecule has 1 rings (SSSR count). The van der Waals surface area contributed by atoms with Crippen molar-refractivity contribution in [3.63, 3.8) is 0 Å². The lowest BCUT2D eigenvalue weighted by Crippen LogP contribution is -2.22. The minimum absolute atomic E-state index is 0.330. The van der Waals surface area contributed by atoms with Crippen molar-refractivity contribution in [2.45, 2.75) is 39.7 Å². The number of ether oxygens (including phenoxy) is 2. The van der Waals surface area contributed by atoms with Crippen molar-refractivity contribution < 1.29 is 9.47 Å². The van der Waals surface area contributed by atoms with Crippen molar-refractivity contribution in [1.29, 1.82) is 0 Å². The van der Waals surface area contributed by atoms with E-state index in [4.69, 9.17) is 9.47 Å². The first-order valence-electron chi connectivity index (χ1n) is 7.18. The summed E-state index contributed by atoms with van der Waals surface area (Å²) in [6.07, 6.45) is 2.30. The highest BCUT2D eigenvalue weighted by atomic mass is 79.9. The first-order valence-corrected chi connectivity index (χ1v) is 7.97. The zero-order chi connectivity index (χ0) is 15.1. The van der Waals surface area contributed by atoms with Crippen molar-refractivity contribution in [2.24, 2.45) is 5.92 Å². The Balaban J connectivity index is 3.05. The molecule has 1 unspecified atom stereocenters. The van der Waals surface area contributed by atoms with Gasteiger partial charge in [-0.2, -0.15) is 0 Å². The van der Waals surface area contributed by atoms with Gasteiger partial charge in [0.1, 0.15) is 0 Å². The Morgan fingerprint density at radius 2 is 1.70 bits per heavy atom. The highest BCUT2D eigenvalue weighted by Gasteiger charge is 2.17. The monoisotopic (exact) mass is 343 g/mol. The van der Waals surface area contributed by atoms with Gasteiger partial charge in [-0.3, -0.25) is 0 Å². The highest BCUT2D eigenvalue weighted by Crippen LogP contribution is 2.37. The number of rotatable bonds is 8. The van der Waals surface area contributed by atoms with E-state index in [0.717, 1.165) is 28.9 Å². The fraction of sp³-hybridized carbons (Fsp3) is 0.625. The van der Waals surface area contributed by atoms with E-state index in [2.05, 4.69) is 48.1 Å². The Bertz CT molecular complexity index is 421. The first kappa shape index (κ1) is 17.3. The fourth-order valence-electron chi connectivity index (χ4n) is 2.25. The van der Waals surface area contributed by atoms with Crippen LogP contribution in [-0.2, 0) is 0 Å². The molecule has 0 aliphatic carbocycles. The van der Waals surface area contributed by atoms with Crippen LogP contribution in [0, 0.1) is 5.92 Å². The van der Waals surface area contributed by atoms with Crippen LogP contribution in [0.25, 0.3) is 0 Å². The summed E-state index contributed by atoms with van der Waals surface area (Å²) in [5, 5.41) is 3.56. The van der Waals surface area contributed by atoms with Crippen LogP contribution in [0.4, 0.5) is 0 Å². The Kier molecular flexibility index (Phi) is 7.38. The summed E-state index contributed by atoms with van der Waals surface area (Å²) in [6.45, 7) is 7.60. The maximum absolute atomic E-state index is 5.41. The lowest BCUT2D eigenvalue weighted by molar-refractivity contribution is 0.353. The van der Waals surface area contributed by atoms with Crippen molar-refractivity contribution in [3.8, 4) is 11.5 Å². The van der Waals surface area contributed by atoms with Crippen LogP contribution in [0.2, 0.25) is 0 Å². The van der Waals surface area contributed by atoms with E-state index in [9.17, 15) is 0 Å². The van der Waals surface area contributed by atoms with Gasteiger partial charge in [0, 0.05) is 10.5 Å². The Hall–Kier alpha value is -0.740. The quantitative estimate of drug-likeness (QED) is 0.750. The van der Waals surface area contributed by atoms with E-state index >= 15 is 0 Å². The second-order valence-corrected chi connectivity index (χ2v) is 6.16. The minimum Gasteiger partial charge on any atom is -0.493 e. The molecule has 0 fully saturated rings. The molecule has 4 heteroatoms. The molecule has 114 valence electrons. The number of halogens is 1. The average Bonchev–Trinajstić information content (AvgIpc) is 2.43. The van der Waals surface area contributed by atoms with Gasteiger partial charge >= 0.3 is 0 Å². The van der Waals surface area contributed by atoms with Gasteiger partial charge in [-0.1, -0.05) is 36.7 Å². The molecule has 0 radical (unpaired) electrons. The topological polar surface area (TPSA) is 30.5 Å². The zero-order valence-electron chi connectivity index (χ0n) is 13.1. The van der Waals surface area contributed by atoms with Gasteiger partial charge in [-0.15, -0.1) is 0 Å². The van der Waals surface area contributed by atoms with Crippen molar-refractivity contribution in [2.75, 3.05) is 20.8 Å². The van der Waals surface area contributed by atoms with Crippen LogP contribution in [0.5, 0.6) is 11.5 Å². The number of hydrogen-bond donors (Lipinski definition) is 1. The van der Waals surface area contributed by atoms with Crippen LogP contribution in [0.1, 0.15) is 45.2 Å². The molecule has 1 atom stereocenters. The van der Waals surface area contributed by atoms with Crippen molar-refractivity contribution in [3.05, 3.63) is 22.2 Å². The third kappa shape index (κ3) is 4.67. The zero-order valence-corrected chi connectivity index (χ0v) is 14.7. The normalized spacial score (nSPS) is 12.6. The Morgan fingerprint density at radius 3 is 2.20 bits per heavy atom. The van der Waals surface area contributed by atoms with Crippen LogP contribution in [0.15, 0.2) is 16.6 Å². The molecule has 0 aliphatic rings.